The number of carbonyl (C=O) groups is 1. The van der Waals surface area contributed by atoms with Crippen LogP contribution in [0.4, 0.5) is 5.82 Å². The molecule has 1 aromatic heterocycles. The number of aryl methyl sites for hydroxylation is 1. The molecular formula is C13H19N3O3. The van der Waals surface area contributed by atoms with Gasteiger partial charge in [-0.05, 0) is 26.2 Å². The van der Waals surface area contributed by atoms with E-state index in [4.69, 9.17) is 4.74 Å². The van der Waals surface area contributed by atoms with E-state index in [1.165, 1.54) is 7.11 Å². The fraction of sp³-hybridized carbons (Fsp3) is 0.615. The lowest BCUT2D eigenvalue weighted by Crippen LogP contribution is -2.15. The van der Waals surface area contributed by atoms with E-state index in [1.807, 2.05) is 13.0 Å². The Hall–Kier alpha value is -1.69. The van der Waals surface area contributed by atoms with Gasteiger partial charge in [-0.15, -0.1) is 0 Å². The summed E-state index contributed by atoms with van der Waals surface area (Å²) in [5, 5.41) is 3.19. The molecule has 2 rings (SSSR count). The third kappa shape index (κ3) is 3.89. The van der Waals surface area contributed by atoms with E-state index in [-0.39, 0.29) is 5.82 Å². The van der Waals surface area contributed by atoms with E-state index < -0.39 is 5.97 Å². The van der Waals surface area contributed by atoms with Crippen LogP contribution in [-0.2, 0) is 9.47 Å². The Morgan fingerprint density at radius 1 is 1.58 bits per heavy atom. The molecule has 19 heavy (non-hydrogen) atoms. The Morgan fingerprint density at radius 2 is 2.42 bits per heavy atom. The molecule has 1 aromatic rings. The molecule has 1 aliphatic rings. The minimum absolute atomic E-state index is 0.0853. The molecule has 2 heterocycles. The number of nitrogens with one attached hydrogen (secondary N) is 1. The maximum absolute atomic E-state index is 11.4. The summed E-state index contributed by atoms with van der Waals surface area (Å²) in [6.07, 6.45) is 3.55. The van der Waals surface area contributed by atoms with Gasteiger partial charge >= 0.3 is 5.97 Å². The third-order valence-electron chi connectivity index (χ3n) is 3.02. The fourth-order valence-electron chi connectivity index (χ4n) is 2.07. The normalized spacial score (nSPS) is 18.3. The number of esters is 1. The number of aromatic nitrogens is 2. The summed E-state index contributed by atoms with van der Waals surface area (Å²) >= 11 is 0. The maximum atomic E-state index is 11.4. The monoisotopic (exact) mass is 265 g/mol. The van der Waals surface area contributed by atoms with Gasteiger partial charge in [-0.3, -0.25) is 0 Å². The highest BCUT2D eigenvalue weighted by molar-refractivity contribution is 5.85. The number of anilines is 1. The molecular weight excluding hydrogens is 246 g/mol. The van der Waals surface area contributed by atoms with Gasteiger partial charge in [-0.2, -0.15) is 0 Å². The van der Waals surface area contributed by atoms with Crippen molar-refractivity contribution in [2.75, 3.05) is 25.6 Å². The minimum atomic E-state index is -0.522. The van der Waals surface area contributed by atoms with Crippen molar-refractivity contribution in [2.45, 2.75) is 32.3 Å². The van der Waals surface area contributed by atoms with Crippen LogP contribution < -0.4 is 5.32 Å². The van der Waals surface area contributed by atoms with Crippen LogP contribution in [0.1, 0.15) is 35.6 Å². The number of carbonyl (C=O) groups excluding carboxylic acids is 1. The summed E-state index contributed by atoms with van der Waals surface area (Å²) in [6.45, 7) is 3.45. The molecule has 0 amide bonds. The summed E-state index contributed by atoms with van der Waals surface area (Å²) in [4.78, 5) is 19.6. The fourth-order valence-corrected chi connectivity index (χ4v) is 2.07. The number of ether oxygens (including phenoxy) is 2. The molecule has 6 nitrogen and oxygen atoms in total. The van der Waals surface area contributed by atoms with Gasteiger partial charge in [0.15, 0.2) is 0 Å². The number of hydrogen-bond donors (Lipinski definition) is 1. The molecule has 0 aromatic carbocycles. The van der Waals surface area contributed by atoms with Gasteiger partial charge in [0.05, 0.1) is 13.2 Å². The summed E-state index contributed by atoms with van der Waals surface area (Å²) in [6, 6.07) is 1.81. The molecule has 104 valence electrons. The number of hydrogen-bond acceptors (Lipinski definition) is 6. The van der Waals surface area contributed by atoms with E-state index >= 15 is 0 Å². The molecule has 1 fully saturated rings. The highest BCUT2D eigenvalue weighted by Gasteiger charge is 2.15. The van der Waals surface area contributed by atoms with E-state index in [2.05, 4.69) is 20.0 Å². The number of nitrogens with zero attached hydrogens (tertiary/aromatic N) is 2. The van der Waals surface area contributed by atoms with Crippen molar-refractivity contribution >= 4 is 11.8 Å². The van der Waals surface area contributed by atoms with Crippen molar-refractivity contribution < 1.29 is 14.3 Å². The van der Waals surface area contributed by atoms with Crippen LogP contribution in [0.2, 0.25) is 0 Å². The van der Waals surface area contributed by atoms with Crippen molar-refractivity contribution in [1.82, 2.24) is 9.97 Å². The SMILES string of the molecule is COC(=O)c1nc(C)cc(NCCC2CCCO2)n1. The van der Waals surface area contributed by atoms with Crippen LogP contribution in [0.15, 0.2) is 6.07 Å². The molecule has 1 unspecified atom stereocenters. The molecule has 0 aliphatic carbocycles. The van der Waals surface area contributed by atoms with Crippen LogP contribution in [0.3, 0.4) is 0 Å². The zero-order chi connectivity index (χ0) is 13.7. The van der Waals surface area contributed by atoms with Gasteiger partial charge in [0.1, 0.15) is 5.82 Å². The molecule has 6 heteroatoms. The second kappa shape index (κ2) is 6.47. The van der Waals surface area contributed by atoms with Crippen molar-refractivity contribution in [1.29, 1.82) is 0 Å². The van der Waals surface area contributed by atoms with E-state index in [0.29, 0.717) is 11.9 Å². The lowest BCUT2D eigenvalue weighted by Gasteiger charge is -2.11. The van der Waals surface area contributed by atoms with Gasteiger partial charge in [-0.1, -0.05) is 0 Å². The van der Waals surface area contributed by atoms with Crippen LogP contribution in [0, 0.1) is 6.92 Å². The summed E-state index contributed by atoms with van der Waals surface area (Å²) in [5.41, 5.74) is 0.731. The van der Waals surface area contributed by atoms with E-state index in [9.17, 15) is 4.79 Å². The van der Waals surface area contributed by atoms with Crippen molar-refractivity contribution in [3.05, 3.63) is 17.6 Å². The average molecular weight is 265 g/mol. The van der Waals surface area contributed by atoms with Gasteiger partial charge in [0, 0.05) is 24.9 Å². The standard InChI is InChI=1S/C13H19N3O3/c1-9-8-11(16-12(15-9)13(17)18-2)14-6-5-10-4-3-7-19-10/h8,10H,3-7H2,1-2H3,(H,14,15,16). The number of rotatable bonds is 5. The molecule has 1 aliphatic heterocycles. The second-order valence-corrected chi connectivity index (χ2v) is 4.56. The molecule has 1 N–H and O–H groups in total. The number of methoxy groups -OCH3 is 1. The molecule has 0 spiro atoms. The summed E-state index contributed by atoms with van der Waals surface area (Å²) in [5.74, 6) is 0.207. The van der Waals surface area contributed by atoms with E-state index in [0.717, 1.165) is 38.1 Å². The Labute approximate surface area is 112 Å². The first-order chi connectivity index (χ1) is 9.19. The first-order valence-electron chi connectivity index (χ1n) is 6.48. The lowest BCUT2D eigenvalue weighted by molar-refractivity contribution is 0.0586. The Kier molecular flexibility index (Phi) is 4.68. The van der Waals surface area contributed by atoms with Crippen molar-refractivity contribution in [3.63, 3.8) is 0 Å². The van der Waals surface area contributed by atoms with Gasteiger partial charge in [-0.25, -0.2) is 14.8 Å². The van der Waals surface area contributed by atoms with Gasteiger partial charge < -0.3 is 14.8 Å². The summed E-state index contributed by atoms with van der Waals surface area (Å²) in [7, 11) is 1.32. The van der Waals surface area contributed by atoms with Crippen LogP contribution in [0.5, 0.6) is 0 Å². The highest BCUT2D eigenvalue weighted by atomic mass is 16.5. The van der Waals surface area contributed by atoms with Gasteiger partial charge in [0.25, 0.3) is 0 Å². The van der Waals surface area contributed by atoms with Crippen molar-refractivity contribution in [2.24, 2.45) is 0 Å². The highest BCUT2D eigenvalue weighted by Crippen LogP contribution is 2.15. The predicted molar refractivity (Wildman–Crippen MR) is 70.2 cm³/mol. The zero-order valence-electron chi connectivity index (χ0n) is 11.3. The Morgan fingerprint density at radius 3 is 3.11 bits per heavy atom. The van der Waals surface area contributed by atoms with Crippen LogP contribution in [-0.4, -0.2) is 42.3 Å². The van der Waals surface area contributed by atoms with Gasteiger partial charge in [0.2, 0.25) is 5.82 Å². The average Bonchev–Trinajstić information content (AvgIpc) is 2.90. The Bertz CT molecular complexity index is 445. The predicted octanol–water partition coefficient (Wildman–Crippen LogP) is 1.55. The van der Waals surface area contributed by atoms with Crippen LogP contribution >= 0.6 is 0 Å². The molecule has 1 atom stereocenters. The quantitative estimate of drug-likeness (QED) is 0.814. The van der Waals surface area contributed by atoms with E-state index in [1.54, 1.807) is 0 Å². The lowest BCUT2D eigenvalue weighted by atomic mass is 10.2. The molecule has 0 radical (unpaired) electrons. The van der Waals surface area contributed by atoms with Crippen molar-refractivity contribution in [3.8, 4) is 0 Å². The first kappa shape index (κ1) is 13.7. The Balaban J connectivity index is 1.91. The second-order valence-electron chi connectivity index (χ2n) is 4.56. The van der Waals surface area contributed by atoms with Crippen LogP contribution in [0.25, 0.3) is 0 Å². The zero-order valence-corrected chi connectivity index (χ0v) is 11.3. The molecule has 0 saturated carbocycles. The largest absolute Gasteiger partial charge is 0.463 e. The third-order valence-corrected chi connectivity index (χ3v) is 3.02. The minimum Gasteiger partial charge on any atom is -0.463 e. The summed E-state index contributed by atoms with van der Waals surface area (Å²) < 4.78 is 10.2. The molecule has 1 saturated heterocycles. The topological polar surface area (TPSA) is 73.3 Å². The maximum Gasteiger partial charge on any atom is 0.376 e. The molecule has 0 bridgehead atoms. The first-order valence-corrected chi connectivity index (χ1v) is 6.48. The smallest absolute Gasteiger partial charge is 0.376 e.